The highest BCUT2D eigenvalue weighted by atomic mass is 35.5. The van der Waals surface area contributed by atoms with Crippen molar-refractivity contribution in [3.8, 4) is 0 Å². The third-order valence-electron chi connectivity index (χ3n) is 3.77. The summed E-state index contributed by atoms with van der Waals surface area (Å²) in [5, 5.41) is 6.24. The Labute approximate surface area is 151 Å². The molecule has 0 aliphatic heterocycles. The molecule has 0 aliphatic rings. The van der Waals surface area contributed by atoms with Crippen LogP contribution in [-0.4, -0.2) is 20.8 Å². The van der Waals surface area contributed by atoms with Gasteiger partial charge in [0.2, 0.25) is 5.28 Å². The third kappa shape index (κ3) is 3.92. The summed E-state index contributed by atoms with van der Waals surface area (Å²) in [6, 6.07) is 4.71. The second kappa shape index (κ2) is 7.14. The molecule has 0 fully saturated rings. The van der Waals surface area contributed by atoms with E-state index >= 15 is 0 Å². The van der Waals surface area contributed by atoms with Crippen LogP contribution in [0.3, 0.4) is 0 Å². The Morgan fingerprint density at radius 3 is 2.77 bits per heavy atom. The van der Waals surface area contributed by atoms with E-state index in [1.807, 2.05) is 0 Å². The van der Waals surface area contributed by atoms with Crippen molar-refractivity contribution in [2.75, 3.05) is 5.32 Å². The Bertz CT molecular complexity index is 890. The molecule has 3 heterocycles. The molecule has 0 bridgehead atoms. The molecule has 1 N–H and O–H groups in total. The summed E-state index contributed by atoms with van der Waals surface area (Å²) >= 11 is 5.81. The number of fused-ring (bicyclic) bond motifs is 1. The van der Waals surface area contributed by atoms with Crippen molar-refractivity contribution in [3.05, 3.63) is 46.8 Å². The first kappa shape index (κ1) is 18.5. The Morgan fingerprint density at radius 1 is 1.38 bits per heavy atom. The lowest BCUT2D eigenvalue weighted by molar-refractivity contribution is -0.143. The molecule has 0 aliphatic carbocycles. The lowest BCUT2D eigenvalue weighted by Gasteiger charge is -2.11. The van der Waals surface area contributed by atoms with Crippen LogP contribution in [0.25, 0.3) is 5.52 Å². The van der Waals surface area contributed by atoms with Gasteiger partial charge in [0.15, 0.2) is 5.82 Å². The van der Waals surface area contributed by atoms with E-state index < -0.39 is 18.0 Å². The summed E-state index contributed by atoms with van der Waals surface area (Å²) in [6.45, 7) is 1.51. The number of nitrogens with one attached hydrogen (secondary N) is 1. The van der Waals surface area contributed by atoms with E-state index in [1.165, 1.54) is 19.3 Å². The predicted octanol–water partition coefficient (Wildman–Crippen LogP) is 4.90. The molecule has 5 nitrogen and oxygen atoms in total. The fourth-order valence-corrected chi connectivity index (χ4v) is 2.80. The minimum absolute atomic E-state index is 0.0315. The molecule has 26 heavy (non-hydrogen) atoms. The van der Waals surface area contributed by atoms with E-state index in [9.17, 15) is 17.6 Å². The predicted molar refractivity (Wildman–Crippen MR) is 87.9 cm³/mol. The van der Waals surface area contributed by atoms with E-state index in [2.05, 4.69) is 15.4 Å². The highest BCUT2D eigenvalue weighted by Crippen LogP contribution is 2.36. The molecule has 140 valence electrons. The first-order valence-electron chi connectivity index (χ1n) is 7.81. The molecule has 1 unspecified atom stereocenters. The summed E-state index contributed by atoms with van der Waals surface area (Å²) in [6.07, 6.45) is -4.52. The van der Waals surface area contributed by atoms with Crippen LogP contribution in [0.15, 0.2) is 28.9 Å². The van der Waals surface area contributed by atoms with Gasteiger partial charge in [-0.2, -0.15) is 18.2 Å². The van der Waals surface area contributed by atoms with Crippen LogP contribution in [0.4, 0.5) is 23.4 Å². The van der Waals surface area contributed by atoms with Crippen molar-refractivity contribution in [2.24, 2.45) is 0 Å². The summed E-state index contributed by atoms with van der Waals surface area (Å²) in [5.41, 5.74) is -0.923. The topological polar surface area (TPSA) is 55.4 Å². The van der Waals surface area contributed by atoms with Crippen molar-refractivity contribution >= 4 is 22.9 Å². The van der Waals surface area contributed by atoms with E-state index in [0.717, 1.165) is 0 Å². The van der Waals surface area contributed by atoms with Gasteiger partial charge in [-0.3, -0.25) is 0 Å². The fraction of sp³-hybridized carbons (Fsp3) is 0.375. The number of furan rings is 1. The maximum Gasteiger partial charge on any atom is 0.433 e. The average Bonchev–Trinajstić information content (AvgIpc) is 3.16. The van der Waals surface area contributed by atoms with Crippen LogP contribution >= 0.6 is 11.6 Å². The van der Waals surface area contributed by atoms with Crippen molar-refractivity contribution in [2.45, 2.75) is 38.7 Å². The SMILES string of the molecule is CC(F)CCc1cc2c(NCc3ccco3)nc(Cl)nn2c1C(F)(F)F. The highest BCUT2D eigenvalue weighted by molar-refractivity contribution is 6.28. The molecule has 3 aromatic rings. The standard InChI is InChI=1S/C16H15ClF4N4O/c1-9(18)4-5-10-7-12-14(22-8-11-3-2-6-26-11)23-15(17)24-25(12)13(10)16(19,20)21/h2-3,6-7,9H,4-5,8H2,1H3,(H,22,23,24). The summed E-state index contributed by atoms with van der Waals surface area (Å²) < 4.78 is 59.7. The lowest BCUT2D eigenvalue weighted by atomic mass is 10.1. The number of aryl methyl sites for hydroxylation is 1. The molecule has 1 atom stereocenters. The van der Waals surface area contributed by atoms with Gasteiger partial charge in [-0.25, -0.2) is 8.91 Å². The monoisotopic (exact) mass is 390 g/mol. The van der Waals surface area contributed by atoms with Crippen LogP contribution in [0, 0.1) is 0 Å². The first-order chi connectivity index (χ1) is 12.3. The molecule has 10 heteroatoms. The van der Waals surface area contributed by atoms with Gasteiger partial charge in [0.05, 0.1) is 19.0 Å². The third-order valence-corrected chi connectivity index (χ3v) is 3.93. The zero-order chi connectivity index (χ0) is 18.9. The van der Waals surface area contributed by atoms with E-state index in [1.54, 1.807) is 12.1 Å². The minimum Gasteiger partial charge on any atom is -0.467 e. The second-order valence-electron chi connectivity index (χ2n) is 5.79. The van der Waals surface area contributed by atoms with Crippen molar-refractivity contribution in [1.82, 2.24) is 14.6 Å². The van der Waals surface area contributed by atoms with Gasteiger partial charge in [-0.05, 0) is 55.1 Å². The molecular weight excluding hydrogens is 376 g/mol. The van der Waals surface area contributed by atoms with Gasteiger partial charge in [-0.1, -0.05) is 0 Å². The minimum atomic E-state index is -4.67. The Hall–Kier alpha value is -2.29. The molecule has 3 aromatic heterocycles. The first-order valence-corrected chi connectivity index (χ1v) is 8.19. The zero-order valence-electron chi connectivity index (χ0n) is 13.6. The molecular formula is C16H15ClF4N4O. The highest BCUT2D eigenvalue weighted by Gasteiger charge is 2.38. The number of alkyl halides is 4. The van der Waals surface area contributed by atoms with E-state index in [4.69, 9.17) is 16.0 Å². The van der Waals surface area contributed by atoms with Crippen LogP contribution in [0.2, 0.25) is 5.28 Å². The summed E-state index contributed by atoms with van der Waals surface area (Å²) in [4.78, 5) is 3.97. The zero-order valence-corrected chi connectivity index (χ0v) is 14.4. The Balaban J connectivity index is 2.05. The van der Waals surface area contributed by atoms with Crippen molar-refractivity contribution < 1.29 is 22.0 Å². The van der Waals surface area contributed by atoms with Crippen LogP contribution in [0.1, 0.15) is 30.4 Å². The number of nitrogens with zero attached hydrogens (tertiary/aromatic N) is 3. The van der Waals surface area contributed by atoms with Crippen LogP contribution < -0.4 is 5.32 Å². The molecule has 3 rings (SSSR count). The number of aromatic nitrogens is 3. The van der Waals surface area contributed by atoms with Crippen molar-refractivity contribution in [1.29, 1.82) is 0 Å². The molecule has 0 saturated heterocycles. The van der Waals surface area contributed by atoms with Gasteiger partial charge < -0.3 is 9.73 Å². The van der Waals surface area contributed by atoms with Gasteiger partial charge in [0, 0.05) is 0 Å². The molecule has 0 amide bonds. The summed E-state index contributed by atoms with van der Waals surface area (Å²) in [5.74, 6) is 0.707. The normalized spacial score (nSPS) is 13.3. The largest absolute Gasteiger partial charge is 0.467 e. The van der Waals surface area contributed by atoms with E-state index in [0.29, 0.717) is 10.3 Å². The number of rotatable bonds is 6. The molecule has 0 radical (unpaired) electrons. The average molecular weight is 391 g/mol. The van der Waals surface area contributed by atoms with Crippen LogP contribution in [0.5, 0.6) is 0 Å². The number of hydrogen-bond donors (Lipinski definition) is 1. The van der Waals surface area contributed by atoms with Crippen LogP contribution in [-0.2, 0) is 19.1 Å². The lowest BCUT2D eigenvalue weighted by Crippen LogP contribution is -2.15. The van der Waals surface area contributed by atoms with Gasteiger partial charge in [-0.15, -0.1) is 5.10 Å². The van der Waals surface area contributed by atoms with Crippen molar-refractivity contribution in [3.63, 3.8) is 0 Å². The molecule has 0 aromatic carbocycles. The Kier molecular flexibility index (Phi) is 5.08. The summed E-state index contributed by atoms with van der Waals surface area (Å²) in [7, 11) is 0. The number of hydrogen-bond acceptors (Lipinski definition) is 4. The second-order valence-corrected chi connectivity index (χ2v) is 6.13. The smallest absolute Gasteiger partial charge is 0.433 e. The maximum atomic E-state index is 13.6. The maximum absolute atomic E-state index is 13.6. The molecule has 0 spiro atoms. The van der Waals surface area contributed by atoms with Gasteiger partial charge >= 0.3 is 6.18 Å². The van der Waals surface area contributed by atoms with Gasteiger partial charge in [0.25, 0.3) is 0 Å². The molecule has 0 saturated carbocycles. The number of anilines is 1. The van der Waals surface area contributed by atoms with E-state index in [-0.39, 0.29) is 41.6 Å². The fourth-order valence-electron chi connectivity index (χ4n) is 2.64. The van der Waals surface area contributed by atoms with Gasteiger partial charge in [0.1, 0.15) is 17.0 Å². The quantitative estimate of drug-likeness (QED) is 0.608. The number of halogens is 5. The Morgan fingerprint density at radius 2 is 2.15 bits per heavy atom.